The summed E-state index contributed by atoms with van der Waals surface area (Å²) < 4.78 is 5.92. The van der Waals surface area contributed by atoms with Crippen molar-refractivity contribution in [1.29, 1.82) is 0 Å². The molecule has 4 nitrogen and oxygen atoms in total. The van der Waals surface area contributed by atoms with Crippen LogP contribution in [0.25, 0.3) is 0 Å². The molecule has 2 rings (SSSR count). The smallest absolute Gasteiger partial charge is 0.0702 e. The van der Waals surface area contributed by atoms with Crippen molar-refractivity contribution in [1.82, 2.24) is 10.2 Å². The first-order valence-corrected chi connectivity index (χ1v) is 8.88. The van der Waals surface area contributed by atoms with E-state index in [0.29, 0.717) is 12.0 Å². The van der Waals surface area contributed by atoms with Gasteiger partial charge < -0.3 is 20.1 Å². The zero-order valence-corrected chi connectivity index (χ0v) is 13.9. The summed E-state index contributed by atoms with van der Waals surface area (Å²) in [7, 11) is 2.00. The van der Waals surface area contributed by atoms with Gasteiger partial charge in [-0.1, -0.05) is 13.3 Å². The summed E-state index contributed by atoms with van der Waals surface area (Å²) in [5.41, 5.74) is -0.0199. The van der Waals surface area contributed by atoms with E-state index in [2.05, 4.69) is 17.1 Å². The number of nitrogens with one attached hydrogen (secondary N) is 1. The molecule has 0 amide bonds. The zero-order chi connectivity index (χ0) is 15.1. The largest absolute Gasteiger partial charge is 0.394 e. The minimum atomic E-state index is -0.0199. The summed E-state index contributed by atoms with van der Waals surface area (Å²) in [6, 6.07) is 0. The zero-order valence-electron chi connectivity index (χ0n) is 13.9. The van der Waals surface area contributed by atoms with Gasteiger partial charge in [-0.15, -0.1) is 0 Å². The highest BCUT2D eigenvalue weighted by Crippen LogP contribution is 2.37. The Bertz CT molecular complexity index is 295. The number of rotatable bonds is 8. The van der Waals surface area contributed by atoms with Gasteiger partial charge in [0.05, 0.1) is 12.7 Å². The number of likely N-dealkylation sites (N-methyl/N-ethyl adjacent to an activating group) is 1. The van der Waals surface area contributed by atoms with Crippen LogP contribution in [0, 0.1) is 5.92 Å². The molecule has 0 spiro atoms. The fourth-order valence-corrected chi connectivity index (χ4v) is 4.16. The third-order valence-corrected chi connectivity index (χ3v) is 5.55. The lowest BCUT2D eigenvalue weighted by molar-refractivity contribution is -0.00267. The Morgan fingerprint density at radius 3 is 2.90 bits per heavy atom. The van der Waals surface area contributed by atoms with Crippen molar-refractivity contribution in [3.05, 3.63) is 0 Å². The molecule has 0 bridgehead atoms. The maximum absolute atomic E-state index is 9.77. The lowest BCUT2D eigenvalue weighted by Crippen LogP contribution is -2.50. The molecule has 1 aliphatic carbocycles. The first kappa shape index (κ1) is 17.2. The quantitative estimate of drug-likeness (QED) is 0.719. The second-order valence-electron chi connectivity index (χ2n) is 6.88. The van der Waals surface area contributed by atoms with E-state index in [9.17, 15) is 5.11 Å². The topological polar surface area (TPSA) is 44.7 Å². The highest BCUT2D eigenvalue weighted by molar-refractivity contribution is 4.98. The molecule has 0 aromatic heterocycles. The maximum Gasteiger partial charge on any atom is 0.0702 e. The molecule has 1 aliphatic heterocycles. The molecule has 0 aromatic rings. The molecule has 21 heavy (non-hydrogen) atoms. The molecule has 0 radical (unpaired) electrons. The van der Waals surface area contributed by atoms with Crippen LogP contribution in [0.2, 0.25) is 0 Å². The average Bonchev–Trinajstić information content (AvgIpc) is 2.94. The monoisotopic (exact) mass is 298 g/mol. The van der Waals surface area contributed by atoms with E-state index in [0.717, 1.165) is 32.5 Å². The van der Waals surface area contributed by atoms with E-state index in [1.807, 2.05) is 7.05 Å². The summed E-state index contributed by atoms with van der Waals surface area (Å²) >= 11 is 0. The van der Waals surface area contributed by atoms with Crippen molar-refractivity contribution >= 4 is 0 Å². The molecule has 2 aliphatic rings. The van der Waals surface area contributed by atoms with Gasteiger partial charge in [-0.05, 0) is 64.6 Å². The fourth-order valence-electron chi connectivity index (χ4n) is 4.16. The molecule has 1 saturated heterocycles. The summed E-state index contributed by atoms with van der Waals surface area (Å²) in [5.74, 6) is 0.615. The Morgan fingerprint density at radius 1 is 1.33 bits per heavy atom. The lowest BCUT2D eigenvalue weighted by atomic mass is 9.85. The second kappa shape index (κ2) is 8.47. The van der Waals surface area contributed by atoms with Gasteiger partial charge in [-0.2, -0.15) is 0 Å². The molecule has 4 heteroatoms. The molecular formula is C17H34N2O2. The van der Waals surface area contributed by atoms with Crippen LogP contribution in [-0.4, -0.2) is 61.5 Å². The van der Waals surface area contributed by atoms with Crippen LogP contribution in [-0.2, 0) is 4.74 Å². The third-order valence-electron chi connectivity index (χ3n) is 5.55. The average molecular weight is 298 g/mol. The Kier molecular flexibility index (Phi) is 6.93. The predicted octanol–water partition coefficient (Wildman–Crippen LogP) is 2.02. The van der Waals surface area contributed by atoms with Gasteiger partial charge in [0.15, 0.2) is 0 Å². The van der Waals surface area contributed by atoms with Crippen molar-refractivity contribution in [2.24, 2.45) is 5.92 Å². The first-order chi connectivity index (χ1) is 10.2. The Labute approximate surface area is 130 Å². The van der Waals surface area contributed by atoms with E-state index in [4.69, 9.17) is 4.74 Å². The fraction of sp³-hybridized carbons (Fsp3) is 1.00. The predicted molar refractivity (Wildman–Crippen MR) is 86.5 cm³/mol. The minimum absolute atomic E-state index is 0.0199. The van der Waals surface area contributed by atoms with Gasteiger partial charge in [0.2, 0.25) is 0 Å². The number of hydrogen-bond donors (Lipinski definition) is 2. The molecule has 124 valence electrons. The minimum Gasteiger partial charge on any atom is -0.394 e. The molecule has 2 N–H and O–H groups in total. The molecular weight excluding hydrogens is 264 g/mol. The summed E-state index contributed by atoms with van der Waals surface area (Å²) in [6.07, 6.45) is 8.84. The van der Waals surface area contributed by atoms with Gasteiger partial charge in [-0.25, -0.2) is 0 Å². The van der Waals surface area contributed by atoms with E-state index in [1.54, 1.807) is 0 Å². The van der Waals surface area contributed by atoms with Crippen LogP contribution in [0.3, 0.4) is 0 Å². The number of piperidine rings is 1. The number of aliphatic hydroxyl groups is 1. The molecule has 3 atom stereocenters. The number of nitrogens with zero attached hydrogens (tertiary/aromatic N) is 1. The van der Waals surface area contributed by atoms with Crippen LogP contribution < -0.4 is 5.32 Å². The van der Waals surface area contributed by atoms with Crippen molar-refractivity contribution in [3.63, 3.8) is 0 Å². The van der Waals surface area contributed by atoms with Gasteiger partial charge in [0.25, 0.3) is 0 Å². The number of hydrogen-bond acceptors (Lipinski definition) is 4. The SMILES string of the molecule is CCCOC1CCCN(CCC2CCCC2(CO)NC)C1. The Balaban J connectivity index is 1.77. The summed E-state index contributed by atoms with van der Waals surface area (Å²) in [5, 5.41) is 13.2. The number of aliphatic hydroxyl groups excluding tert-OH is 1. The summed E-state index contributed by atoms with van der Waals surface area (Å²) in [4.78, 5) is 2.57. The molecule has 1 heterocycles. The van der Waals surface area contributed by atoms with Gasteiger partial charge in [0.1, 0.15) is 0 Å². The molecule has 0 aromatic carbocycles. The van der Waals surface area contributed by atoms with Crippen LogP contribution in [0.15, 0.2) is 0 Å². The van der Waals surface area contributed by atoms with Gasteiger partial charge >= 0.3 is 0 Å². The Morgan fingerprint density at radius 2 is 2.19 bits per heavy atom. The highest BCUT2D eigenvalue weighted by atomic mass is 16.5. The normalized spacial score (nSPS) is 34.4. The van der Waals surface area contributed by atoms with E-state index < -0.39 is 0 Å². The lowest BCUT2D eigenvalue weighted by Gasteiger charge is -2.37. The van der Waals surface area contributed by atoms with Crippen LogP contribution in [0.4, 0.5) is 0 Å². The van der Waals surface area contributed by atoms with Crippen LogP contribution >= 0.6 is 0 Å². The van der Waals surface area contributed by atoms with E-state index >= 15 is 0 Å². The van der Waals surface area contributed by atoms with E-state index in [1.165, 1.54) is 38.6 Å². The van der Waals surface area contributed by atoms with E-state index in [-0.39, 0.29) is 12.1 Å². The third kappa shape index (κ3) is 4.41. The number of ether oxygens (including phenoxy) is 1. The summed E-state index contributed by atoms with van der Waals surface area (Å²) in [6.45, 7) is 6.81. The van der Waals surface area contributed by atoms with Crippen LogP contribution in [0.1, 0.15) is 51.9 Å². The molecule has 3 unspecified atom stereocenters. The Hall–Kier alpha value is -0.160. The van der Waals surface area contributed by atoms with Crippen LogP contribution in [0.5, 0.6) is 0 Å². The van der Waals surface area contributed by atoms with Gasteiger partial charge in [0, 0.05) is 18.7 Å². The standard InChI is InChI=1S/C17H34N2O2/c1-3-12-21-16-7-5-10-19(13-16)11-8-15-6-4-9-17(15,14-20)18-2/h15-16,18,20H,3-14H2,1-2H3. The maximum atomic E-state index is 9.77. The first-order valence-electron chi connectivity index (χ1n) is 8.88. The van der Waals surface area contributed by atoms with Crippen molar-refractivity contribution < 1.29 is 9.84 Å². The van der Waals surface area contributed by atoms with Crippen molar-refractivity contribution in [3.8, 4) is 0 Å². The molecule has 2 fully saturated rings. The molecule has 1 saturated carbocycles. The second-order valence-corrected chi connectivity index (χ2v) is 6.88. The van der Waals surface area contributed by atoms with Gasteiger partial charge in [-0.3, -0.25) is 0 Å². The van der Waals surface area contributed by atoms with Crippen molar-refractivity contribution in [2.45, 2.75) is 63.5 Å². The highest BCUT2D eigenvalue weighted by Gasteiger charge is 2.40. The number of likely N-dealkylation sites (tertiary alicyclic amines) is 1. The van der Waals surface area contributed by atoms with Crippen molar-refractivity contribution in [2.75, 3.05) is 39.9 Å².